The molecule has 1 aromatic carbocycles. The van der Waals surface area contributed by atoms with E-state index in [1.165, 1.54) is 11.9 Å². The van der Waals surface area contributed by atoms with Crippen LogP contribution in [-0.2, 0) is 12.8 Å². The van der Waals surface area contributed by atoms with E-state index in [1.807, 2.05) is 24.3 Å². The van der Waals surface area contributed by atoms with Gasteiger partial charge >= 0.3 is 0 Å². The number of methoxy groups -OCH3 is 2. The van der Waals surface area contributed by atoms with E-state index >= 15 is 0 Å². The van der Waals surface area contributed by atoms with Gasteiger partial charge in [0.15, 0.2) is 11.5 Å². The third-order valence-corrected chi connectivity index (χ3v) is 3.98. The fourth-order valence-corrected chi connectivity index (χ4v) is 2.74. The van der Waals surface area contributed by atoms with Gasteiger partial charge in [-0.3, -0.25) is 0 Å². The van der Waals surface area contributed by atoms with E-state index < -0.39 is 0 Å². The minimum atomic E-state index is 0.625. The molecule has 7 heteroatoms. The molecule has 0 aliphatic rings. The Balaban J connectivity index is 1.71. The molecule has 0 unspecified atom stereocenters. The Morgan fingerprint density at radius 2 is 1.92 bits per heavy atom. The Morgan fingerprint density at radius 3 is 2.68 bits per heavy atom. The lowest BCUT2D eigenvalue weighted by atomic mass is 10.1. The topological polar surface area (TPSA) is 73.6 Å². The van der Waals surface area contributed by atoms with Crippen molar-refractivity contribution in [3.05, 3.63) is 41.9 Å². The molecular weight excluding hydrogens is 318 g/mol. The van der Waals surface area contributed by atoms with Crippen molar-refractivity contribution in [1.82, 2.24) is 19.6 Å². The zero-order valence-corrected chi connectivity index (χ0v) is 14.8. The van der Waals surface area contributed by atoms with E-state index in [2.05, 4.69) is 27.3 Å². The molecular formula is C18H23N5O2. The van der Waals surface area contributed by atoms with Crippen LogP contribution >= 0.6 is 0 Å². The molecule has 0 atom stereocenters. The first-order valence-electron chi connectivity index (χ1n) is 8.39. The first-order valence-corrected chi connectivity index (χ1v) is 8.39. The minimum Gasteiger partial charge on any atom is -0.493 e. The van der Waals surface area contributed by atoms with Crippen LogP contribution in [0.1, 0.15) is 24.6 Å². The van der Waals surface area contributed by atoms with Crippen molar-refractivity contribution in [1.29, 1.82) is 0 Å². The Morgan fingerprint density at radius 1 is 1.08 bits per heavy atom. The van der Waals surface area contributed by atoms with Gasteiger partial charge in [0.1, 0.15) is 12.1 Å². The summed E-state index contributed by atoms with van der Waals surface area (Å²) in [5.41, 5.74) is 2.19. The average molecular weight is 341 g/mol. The van der Waals surface area contributed by atoms with Crippen LogP contribution in [0.5, 0.6) is 11.5 Å². The Hall–Kier alpha value is -2.83. The molecule has 132 valence electrons. The predicted octanol–water partition coefficient (Wildman–Crippen LogP) is 2.75. The third kappa shape index (κ3) is 3.81. The molecule has 0 aliphatic carbocycles. The molecule has 0 aliphatic heterocycles. The highest BCUT2D eigenvalue weighted by Gasteiger charge is 2.08. The summed E-state index contributed by atoms with van der Waals surface area (Å²) in [6, 6.07) is 8.01. The van der Waals surface area contributed by atoms with Crippen LogP contribution < -0.4 is 14.8 Å². The highest BCUT2D eigenvalue weighted by Crippen LogP contribution is 2.27. The molecule has 0 bridgehead atoms. The summed E-state index contributed by atoms with van der Waals surface area (Å²) in [5, 5.41) is 7.68. The summed E-state index contributed by atoms with van der Waals surface area (Å²) in [4.78, 5) is 8.71. The van der Waals surface area contributed by atoms with Gasteiger partial charge in [-0.2, -0.15) is 14.6 Å². The molecule has 0 saturated carbocycles. The maximum Gasteiger partial charge on any atom is 0.254 e. The SMILES string of the molecule is CCCc1cc(NCCc2ccc(OC)c(OC)c2)n2ncnc2n1. The molecule has 0 radical (unpaired) electrons. The lowest BCUT2D eigenvalue weighted by Crippen LogP contribution is -2.11. The van der Waals surface area contributed by atoms with Crippen molar-refractivity contribution in [3.63, 3.8) is 0 Å². The van der Waals surface area contributed by atoms with Gasteiger partial charge in [0.2, 0.25) is 0 Å². The lowest BCUT2D eigenvalue weighted by molar-refractivity contribution is 0.354. The highest BCUT2D eigenvalue weighted by molar-refractivity contribution is 5.46. The van der Waals surface area contributed by atoms with Crippen LogP contribution in [0.3, 0.4) is 0 Å². The molecule has 0 saturated heterocycles. The normalized spacial score (nSPS) is 10.8. The average Bonchev–Trinajstić information content (AvgIpc) is 3.10. The Labute approximate surface area is 147 Å². The van der Waals surface area contributed by atoms with Crippen LogP contribution in [0.15, 0.2) is 30.6 Å². The fourth-order valence-electron chi connectivity index (χ4n) is 2.74. The molecule has 0 amide bonds. The van der Waals surface area contributed by atoms with Crippen molar-refractivity contribution in [2.45, 2.75) is 26.2 Å². The lowest BCUT2D eigenvalue weighted by Gasteiger charge is -2.11. The van der Waals surface area contributed by atoms with Crippen LogP contribution in [0.25, 0.3) is 5.78 Å². The Bertz CT molecular complexity index is 847. The smallest absolute Gasteiger partial charge is 0.254 e. The standard InChI is InChI=1S/C18H23N5O2/c1-4-5-14-11-17(23-18(22-14)20-12-21-23)19-9-8-13-6-7-15(24-2)16(10-13)25-3/h6-7,10-12,19H,4-5,8-9H2,1-3H3. The van der Waals surface area contributed by atoms with Crippen molar-refractivity contribution in [2.24, 2.45) is 0 Å². The zero-order valence-electron chi connectivity index (χ0n) is 14.8. The molecule has 3 aromatic rings. The maximum absolute atomic E-state index is 5.36. The number of rotatable bonds is 8. The summed E-state index contributed by atoms with van der Waals surface area (Å²) in [5.74, 6) is 3.01. The molecule has 0 fully saturated rings. The van der Waals surface area contributed by atoms with Crippen molar-refractivity contribution < 1.29 is 9.47 Å². The molecule has 7 nitrogen and oxygen atoms in total. The molecule has 2 aromatic heterocycles. The second-order valence-electron chi connectivity index (χ2n) is 5.72. The van der Waals surface area contributed by atoms with E-state index in [1.54, 1.807) is 18.7 Å². The van der Waals surface area contributed by atoms with Crippen molar-refractivity contribution in [3.8, 4) is 11.5 Å². The number of fused-ring (bicyclic) bond motifs is 1. The molecule has 25 heavy (non-hydrogen) atoms. The molecule has 0 spiro atoms. The molecule has 3 rings (SSSR count). The third-order valence-electron chi connectivity index (χ3n) is 3.98. The van der Waals surface area contributed by atoms with Crippen LogP contribution in [0, 0.1) is 0 Å². The van der Waals surface area contributed by atoms with E-state index in [4.69, 9.17) is 9.47 Å². The van der Waals surface area contributed by atoms with E-state index in [9.17, 15) is 0 Å². The van der Waals surface area contributed by atoms with Crippen molar-refractivity contribution >= 4 is 11.6 Å². The van der Waals surface area contributed by atoms with Gasteiger partial charge < -0.3 is 14.8 Å². The van der Waals surface area contributed by atoms with E-state index in [-0.39, 0.29) is 0 Å². The summed E-state index contributed by atoms with van der Waals surface area (Å²) >= 11 is 0. The van der Waals surface area contributed by atoms with Gasteiger partial charge in [-0.05, 0) is 30.5 Å². The number of benzene rings is 1. The number of aromatic nitrogens is 4. The highest BCUT2D eigenvalue weighted by atomic mass is 16.5. The second kappa shape index (κ2) is 7.83. The summed E-state index contributed by atoms with van der Waals surface area (Å²) in [7, 11) is 3.29. The number of anilines is 1. The predicted molar refractivity (Wildman–Crippen MR) is 96.5 cm³/mol. The van der Waals surface area contributed by atoms with Crippen molar-refractivity contribution in [2.75, 3.05) is 26.1 Å². The maximum atomic E-state index is 5.36. The molecule has 2 heterocycles. The first-order chi connectivity index (χ1) is 12.2. The fraction of sp³-hybridized carbons (Fsp3) is 0.389. The summed E-state index contributed by atoms with van der Waals surface area (Å²) in [6.07, 6.45) is 4.34. The number of aryl methyl sites for hydroxylation is 1. The number of nitrogens with zero attached hydrogens (tertiary/aromatic N) is 4. The quantitative estimate of drug-likeness (QED) is 0.679. The van der Waals surface area contributed by atoms with Gasteiger partial charge in [0.25, 0.3) is 5.78 Å². The van der Waals surface area contributed by atoms with Gasteiger partial charge in [0.05, 0.1) is 14.2 Å². The Kier molecular flexibility index (Phi) is 5.33. The van der Waals surface area contributed by atoms with E-state index in [0.717, 1.165) is 48.8 Å². The summed E-state index contributed by atoms with van der Waals surface area (Å²) < 4.78 is 12.4. The van der Waals surface area contributed by atoms with Gasteiger partial charge in [0, 0.05) is 18.3 Å². The molecule has 1 N–H and O–H groups in total. The van der Waals surface area contributed by atoms with Crippen LogP contribution in [0.4, 0.5) is 5.82 Å². The van der Waals surface area contributed by atoms with Gasteiger partial charge in [-0.15, -0.1) is 0 Å². The van der Waals surface area contributed by atoms with Gasteiger partial charge in [-0.1, -0.05) is 19.4 Å². The number of nitrogens with one attached hydrogen (secondary N) is 1. The van der Waals surface area contributed by atoms with E-state index in [0.29, 0.717) is 5.78 Å². The zero-order chi connectivity index (χ0) is 17.6. The number of hydrogen-bond donors (Lipinski definition) is 1. The largest absolute Gasteiger partial charge is 0.493 e. The monoisotopic (exact) mass is 341 g/mol. The van der Waals surface area contributed by atoms with Gasteiger partial charge in [-0.25, -0.2) is 4.98 Å². The minimum absolute atomic E-state index is 0.625. The second-order valence-corrected chi connectivity index (χ2v) is 5.72. The first kappa shape index (κ1) is 17.0. The van der Waals surface area contributed by atoms with Crippen LogP contribution in [-0.4, -0.2) is 40.3 Å². The number of hydrogen-bond acceptors (Lipinski definition) is 6. The summed E-state index contributed by atoms with van der Waals surface area (Å²) in [6.45, 7) is 2.90. The van der Waals surface area contributed by atoms with Crippen LogP contribution in [0.2, 0.25) is 0 Å². The number of ether oxygens (including phenoxy) is 2.